The number of nitrogens with one attached hydrogen (secondary N) is 1. The van der Waals surface area contributed by atoms with Crippen LogP contribution < -0.4 is 15.0 Å². The summed E-state index contributed by atoms with van der Waals surface area (Å²) in [5, 5.41) is 3.41. The van der Waals surface area contributed by atoms with Gasteiger partial charge in [-0.05, 0) is 42.5 Å². The Labute approximate surface area is 168 Å². The number of ether oxygens (including phenoxy) is 2. The molecule has 0 unspecified atom stereocenters. The Morgan fingerprint density at radius 2 is 1.62 bits per heavy atom. The minimum atomic E-state index is -0.582. The van der Waals surface area contributed by atoms with Gasteiger partial charge >= 0.3 is 5.97 Å². The smallest absolute Gasteiger partial charge is 0.338 e. The summed E-state index contributed by atoms with van der Waals surface area (Å²) in [4.78, 5) is 27.4. The maximum absolute atomic E-state index is 13.4. The molecule has 146 valence electrons. The third-order valence-corrected chi connectivity index (χ3v) is 4.94. The van der Waals surface area contributed by atoms with E-state index >= 15 is 0 Å². The first-order valence-corrected chi connectivity index (χ1v) is 9.14. The molecule has 3 aromatic carbocycles. The molecule has 0 fully saturated rings. The topological polar surface area (TPSA) is 67.9 Å². The fraction of sp³-hybridized carbons (Fsp3) is 0.130. The highest BCUT2D eigenvalue weighted by Gasteiger charge is 2.35. The molecule has 1 atom stereocenters. The van der Waals surface area contributed by atoms with Crippen molar-refractivity contribution in [1.29, 1.82) is 0 Å². The van der Waals surface area contributed by atoms with Gasteiger partial charge in [-0.3, -0.25) is 9.69 Å². The van der Waals surface area contributed by atoms with E-state index in [2.05, 4.69) is 5.32 Å². The lowest BCUT2D eigenvalue weighted by Gasteiger charge is -2.38. The van der Waals surface area contributed by atoms with E-state index in [0.29, 0.717) is 33.8 Å². The van der Waals surface area contributed by atoms with Gasteiger partial charge in [-0.1, -0.05) is 30.3 Å². The van der Waals surface area contributed by atoms with Gasteiger partial charge in [0.1, 0.15) is 11.9 Å². The number of benzene rings is 3. The molecule has 6 heteroatoms. The third-order valence-electron chi connectivity index (χ3n) is 4.94. The Bertz CT molecular complexity index is 1060. The Hall–Kier alpha value is -3.80. The molecule has 1 amide bonds. The number of hydrogen-bond acceptors (Lipinski definition) is 5. The van der Waals surface area contributed by atoms with Gasteiger partial charge in [-0.25, -0.2) is 4.79 Å². The van der Waals surface area contributed by atoms with E-state index in [-0.39, 0.29) is 5.91 Å². The zero-order valence-electron chi connectivity index (χ0n) is 16.1. The Balaban J connectivity index is 1.88. The predicted octanol–water partition coefficient (Wildman–Crippen LogP) is 4.25. The van der Waals surface area contributed by atoms with Crippen molar-refractivity contribution in [2.24, 2.45) is 0 Å². The lowest BCUT2D eigenvalue weighted by Crippen LogP contribution is -2.43. The van der Waals surface area contributed by atoms with Crippen LogP contribution in [0.25, 0.3) is 0 Å². The number of rotatable bonds is 4. The zero-order chi connectivity index (χ0) is 20.4. The van der Waals surface area contributed by atoms with Crippen LogP contribution >= 0.6 is 0 Å². The van der Waals surface area contributed by atoms with E-state index in [4.69, 9.17) is 9.47 Å². The second kappa shape index (κ2) is 7.67. The molecule has 0 bridgehead atoms. The summed E-state index contributed by atoms with van der Waals surface area (Å²) < 4.78 is 10.2. The van der Waals surface area contributed by atoms with Gasteiger partial charge in [0.2, 0.25) is 0 Å². The average Bonchev–Trinajstić information content (AvgIpc) is 2.78. The Morgan fingerprint density at radius 1 is 0.931 bits per heavy atom. The molecule has 1 aliphatic rings. The van der Waals surface area contributed by atoms with Gasteiger partial charge < -0.3 is 14.8 Å². The molecule has 0 radical (unpaired) electrons. The van der Waals surface area contributed by atoms with E-state index in [9.17, 15) is 9.59 Å². The van der Waals surface area contributed by atoms with Crippen LogP contribution in [0.4, 0.5) is 11.4 Å². The largest absolute Gasteiger partial charge is 0.497 e. The monoisotopic (exact) mass is 388 g/mol. The number of para-hydroxylation sites is 1. The van der Waals surface area contributed by atoms with Crippen LogP contribution in [0, 0.1) is 0 Å². The Morgan fingerprint density at radius 3 is 2.34 bits per heavy atom. The number of amides is 1. The molecule has 0 spiro atoms. The number of fused-ring (bicyclic) bond motifs is 1. The number of carbonyl (C=O) groups excluding carboxylic acids is 2. The molecule has 1 heterocycles. The van der Waals surface area contributed by atoms with Crippen LogP contribution in [-0.4, -0.2) is 26.1 Å². The summed E-state index contributed by atoms with van der Waals surface area (Å²) in [7, 11) is 2.93. The highest BCUT2D eigenvalue weighted by Crippen LogP contribution is 2.38. The predicted molar refractivity (Wildman–Crippen MR) is 110 cm³/mol. The SMILES string of the molecule is COC(=O)c1ccccc1[C@H]1Nc2ccccc2C(=O)N1c1ccc(OC)cc1. The number of anilines is 2. The normalized spacial score (nSPS) is 15.3. The van der Waals surface area contributed by atoms with Crippen LogP contribution in [0.15, 0.2) is 72.8 Å². The number of methoxy groups -OCH3 is 2. The third kappa shape index (κ3) is 3.29. The van der Waals surface area contributed by atoms with Crippen molar-refractivity contribution in [2.45, 2.75) is 6.17 Å². The first-order chi connectivity index (χ1) is 14.1. The minimum Gasteiger partial charge on any atom is -0.497 e. The molecule has 1 N–H and O–H groups in total. The van der Waals surface area contributed by atoms with Crippen LogP contribution in [0.2, 0.25) is 0 Å². The summed E-state index contributed by atoms with van der Waals surface area (Å²) in [6.45, 7) is 0. The minimum absolute atomic E-state index is 0.158. The van der Waals surface area contributed by atoms with Crippen molar-refractivity contribution in [3.05, 3.63) is 89.5 Å². The van der Waals surface area contributed by atoms with Crippen molar-refractivity contribution in [3.63, 3.8) is 0 Å². The summed E-state index contributed by atoms with van der Waals surface area (Å²) in [5.41, 5.74) is 3.01. The van der Waals surface area contributed by atoms with E-state index in [1.54, 1.807) is 42.3 Å². The van der Waals surface area contributed by atoms with Gasteiger partial charge in [0, 0.05) is 16.9 Å². The molecule has 0 saturated heterocycles. The Kier molecular flexibility index (Phi) is 4.91. The van der Waals surface area contributed by atoms with E-state index in [1.165, 1.54) is 7.11 Å². The molecule has 3 aromatic rings. The van der Waals surface area contributed by atoms with Crippen molar-refractivity contribution in [2.75, 3.05) is 24.4 Å². The molecule has 6 nitrogen and oxygen atoms in total. The first kappa shape index (κ1) is 18.6. The summed E-state index contributed by atoms with van der Waals surface area (Å²) in [6.07, 6.45) is -0.582. The van der Waals surface area contributed by atoms with Crippen LogP contribution in [0.3, 0.4) is 0 Å². The van der Waals surface area contributed by atoms with E-state index < -0.39 is 12.1 Å². The molecule has 0 saturated carbocycles. The molecule has 4 rings (SSSR count). The van der Waals surface area contributed by atoms with E-state index in [0.717, 1.165) is 0 Å². The quantitative estimate of drug-likeness (QED) is 0.677. The van der Waals surface area contributed by atoms with Gasteiger partial charge in [0.25, 0.3) is 5.91 Å². The fourth-order valence-electron chi connectivity index (χ4n) is 3.51. The average molecular weight is 388 g/mol. The summed E-state index contributed by atoms with van der Waals surface area (Å²) in [6, 6.07) is 21.7. The highest BCUT2D eigenvalue weighted by molar-refractivity contribution is 6.12. The highest BCUT2D eigenvalue weighted by atomic mass is 16.5. The zero-order valence-corrected chi connectivity index (χ0v) is 16.1. The number of carbonyl (C=O) groups is 2. The second-order valence-corrected chi connectivity index (χ2v) is 6.54. The van der Waals surface area contributed by atoms with Gasteiger partial charge in [0.05, 0.1) is 25.3 Å². The lowest BCUT2D eigenvalue weighted by molar-refractivity contribution is 0.0598. The molecule has 29 heavy (non-hydrogen) atoms. The maximum atomic E-state index is 13.4. The number of hydrogen-bond donors (Lipinski definition) is 1. The summed E-state index contributed by atoms with van der Waals surface area (Å²) in [5.74, 6) is 0.0793. The molecular formula is C23H20N2O4. The number of nitrogens with zero attached hydrogens (tertiary/aromatic N) is 1. The van der Waals surface area contributed by atoms with Crippen LogP contribution in [-0.2, 0) is 4.74 Å². The van der Waals surface area contributed by atoms with Crippen molar-refractivity contribution in [1.82, 2.24) is 0 Å². The molecule has 1 aliphatic heterocycles. The maximum Gasteiger partial charge on any atom is 0.338 e. The lowest BCUT2D eigenvalue weighted by atomic mass is 9.98. The second-order valence-electron chi connectivity index (χ2n) is 6.54. The number of esters is 1. The first-order valence-electron chi connectivity index (χ1n) is 9.14. The standard InChI is InChI=1S/C23H20N2O4/c1-28-16-13-11-15(12-14-16)25-21(17-7-3-4-8-18(17)23(27)29-2)24-20-10-6-5-9-19(20)22(25)26/h3-14,21,24H,1-2H3/t21-/m0/s1. The van der Waals surface area contributed by atoms with Crippen molar-refractivity contribution < 1.29 is 19.1 Å². The van der Waals surface area contributed by atoms with Crippen LogP contribution in [0.5, 0.6) is 5.75 Å². The molecule has 0 aromatic heterocycles. The van der Waals surface area contributed by atoms with Crippen molar-refractivity contribution >= 4 is 23.3 Å². The molecular weight excluding hydrogens is 368 g/mol. The van der Waals surface area contributed by atoms with E-state index in [1.807, 2.05) is 42.5 Å². The summed E-state index contributed by atoms with van der Waals surface area (Å²) >= 11 is 0. The van der Waals surface area contributed by atoms with Gasteiger partial charge in [-0.2, -0.15) is 0 Å². The van der Waals surface area contributed by atoms with Crippen molar-refractivity contribution in [3.8, 4) is 5.75 Å². The fourth-order valence-corrected chi connectivity index (χ4v) is 3.51. The molecule has 0 aliphatic carbocycles. The van der Waals surface area contributed by atoms with Crippen LogP contribution in [0.1, 0.15) is 32.4 Å². The van der Waals surface area contributed by atoms with Gasteiger partial charge in [-0.15, -0.1) is 0 Å². The van der Waals surface area contributed by atoms with Gasteiger partial charge in [0.15, 0.2) is 0 Å².